The number of nitrogens with zero attached hydrogens (tertiary/aromatic N) is 1. The van der Waals surface area contributed by atoms with E-state index in [9.17, 15) is 4.79 Å². The van der Waals surface area contributed by atoms with Crippen molar-refractivity contribution >= 4 is 34.0 Å². The molecular formula is C7H10ClN3OS. The van der Waals surface area contributed by atoms with E-state index in [-0.39, 0.29) is 0 Å². The maximum absolute atomic E-state index is 10.7. The molecule has 0 aliphatic rings. The molecule has 1 aromatic rings. The van der Waals surface area contributed by atoms with Gasteiger partial charge in [0.2, 0.25) is 0 Å². The Bertz CT molecular complexity index is 289. The molecule has 0 radical (unpaired) electrons. The van der Waals surface area contributed by atoms with Gasteiger partial charge in [-0.15, -0.1) is 22.9 Å². The number of rotatable bonds is 5. The Morgan fingerprint density at radius 3 is 3.08 bits per heavy atom. The van der Waals surface area contributed by atoms with E-state index in [4.69, 9.17) is 17.3 Å². The molecule has 0 saturated heterocycles. The summed E-state index contributed by atoms with van der Waals surface area (Å²) in [5.41, 5.74) is 5.34. The van der Waals surface area contributed by atoms with Crippen LogP contribution in [0.15, 0.2) is 5.38 Å². The van der Waals surface area contributed by atoms with Crippen molar-refractivity contribution in [2.24, 2.45) is 5.73 Å². The van der Waals surface area contributed by atoms with Gasteiger partial charge in [0.15, 0.2) is 5.13 Å². The minimum Gasteiger partial charge on any atom is -0.364 e. The van der Waals surface area contributed by atoms with E-state index in [1.807, 2.05) is 0 Å². The number of amides is 1. The van der Waals surface area contributed by atoms with Crippen LogP contribution in [-0.2, 0) is 0 Å². The molecule has 0 bridgehead atoms. The van der Waals surface area contributed by atoms with Crippen LogP contribution >= 0.6 is 22.9 Å². The van der Waals surface area contributed by atoms with Crippen molar-refractivity contribution in [3.63, 3.8) is 0 Å². The lowest BCUT2D eigenvalue weighted by Crippen LogP contribution is -2.11. The summed E-state index contributed by atoms with van der Waals surface area (Å²) in [7, 11) is 0. The minimum absolute atomic E-state index is 0.304. The Labute approximate surface area is 85.1 Å². The van der Waals surface area contributed by atoms with Gasteiger partial charge in [-0.25, -0.2) is 4.98 Å². The quantitative estimate of drug-likeness (QED) is 0.579. The summed E-state index contributed by atoms with van der Waals surface area (Å²) < 4.78 is 0. The number of carbonyl (C=O) groups is 1. The van der Waals surface area contributed by atoms with E-state index >= 15 is 0 Å². The highest BCUT2D eigenvalue weighted by Gasteiger charge is 2.05. The number of nitrogens with one attached hydrogen (secondary N) is 1. The predicted molar refractivity (Wildman–Crippen MR) is 54.5 cm³/mol. The first-order chi connectivity index (χ1) is 6.24. The Kier molecular flexibility index (Phi) is 3.98. The summed E-state index contributed by atoms with van der Waals surface area (Å²) in [4.78, 5) is 14.6. The van der Waals surface area contributed by atoms with Crippen LogP contribution < -0.4 is 11.1 Å². The van der Waals surface area contributed by atoms with E-state index in [0.29, 0.717) is 16.7 Å². The van der Waals surface area contributed by atoms with Gasteiger partial charge in [-0.1, -0.05) is 0 Å². The molecule has 1 amide bonds. The molecule has 6 heteroatoms. The summed E-state index contributed by atoms with van der Waals surface area (Å²) in [5, 5.41) is 5.37. The zero-order valence-corrected chi connectivity index (χ0v) is 8.49. The van der Waals surface area contributed by atoms with Gasteiger partial charge in [0.05, 0.1) is 0 Å². The molecule has 13 heavy (non-hydrogen) atoms. The summed E-state index contributed by atoms with van der Waals surface area (Å²) >= 11 is 6.85. The molecule has 0 aliphatic heterocycles. The number of anilines is 1. The third-order valence-electron chi connectivity index (χ3n) is 1.34. The predicted octanol–water partition coefficient (Wildman–Crippen LogP) is 1.28. The van der Waals surface area contributed by atoms with Gasteiger partial charge < -0.3 is 11.1 Å². The normalized spacial score (nSPS) is 9.92. The topological polar surface area (TPSA) is 68.0 Å². The second-order valence-electron chi connectivity index (χ2n) is 2.37. The maximum Gasteiger partial charge on any atom is 0.268 e. The van der Waals surface area contributed by atoms with Gasteiger partial charge >= 0.3 is 0 Å². The third-order valence-corrected chi connectivity index (χ3v) is 2.41. The van der Waals surface area contributed by atoms with Crippen LogP contribution in [0, 0.1) is 0 Å². The fraction of sp³-hybridized carbons (Fsp3) is 0.429. The lowest BCUT2D eigenvalue weighted by atomic mass is 10.5. The van der Waals surface area contributed by atoms with Crippen LogP contribution in [0.1, 0.15) is 16.9 Å². The van der Waals surface area contributed by atoms with Gasteiger partial charge in [-0.2, -0.15) is 0 Å². The Hall–Kier alpha value is -0.810. The van der Waals surface area contributed by atoms with Crippen molar-refractivity contribution in [2.75, 3.05) is 17.7 Å². The molecule has 0 saturated carbocycles. The number of carbonyl (C=O) groups excluding carboxylic acids is 1. The number of halogens is 1. The second kappa shape index (κ2) is 5.04. The number of thiazole rings is 1. The zero-order chi connectivity index (χ0) is 9.68. The number of hydrogen-bond acceptors (Lipinski definition) is 4. The van der Waals surface area contributed by atoms with Crippen LogP contribution in [0.5, 0.6) is 0 Å². The first-order valence-corrected chi connectivity index (χ1v) is 5.20. The maximum atomic E-state index is 10.7. The highest BCUT2D eigenvalue weighted by molar-refractivity contribution is 7.13. The van der Waals surface area contributed by atoms with Gasteiger partial charge in [-0.05, 0) is 6.42 Å². The van der Waals surface area contributed by atoms with Gasteiger partial charge in [0.25, 0.3) is 5.91 Å². The van der Waals surface area contributed by atoms with E-state index in [0.717, 1.165) is 13.0 Å². The first-order valence-electron chi connectivity index (χ1n) is 3.79. The number of aromatic nitrogens is 1. The second-order valence-corrected chi connectivity index (χ2v) is 3.61. The monoisotopic (exact) mass is 219 g/mol. The summed E-state index contributed by atoms with van der Waals surface area (Å²) in [6, 6.07) is 0. The summed E-state index contributed by atoms with van der Waals surface area (Å²) in [5.74, 6) is 0.114. The Balaban J connectivity index is 2.44. The molecule has 1 heterocycles. The fourth-order valence-electron chi connectivity index (χ4n) is 0.730. The zero-order valence-electron chi connectivity index (χ0n) is 6.92. The van der Waals surface area contributed by atoms with Crippen LogP contribution in [0.3, 0.4) is 0 Å². The molecule has 1 rings (SSSR count). The first kappa shape index (κ1) is 10.3. The van der Waals surface area contributed by atoms with Crippen molar-refractivity contribution in [1.82, 2.24) is 4.98 Å². The molecule has 0 aromatic carbocycles. The molecule has 4 nitrogen and oxygen atoms in total. The van der Waals surface area contributed by atoms with Crippen LogP contribution in [-0.4, -0.2) is 23.3 Å². The molecule has 0 atom stereocenters. The summed E-state index contributed by atoms with van der Waals surface area (Å²) in [6.07, 6.45) is 0.868. The Morgan fingerprint density at radius 2 is 2.54 bits per heavy atom. The van der Waals surface area contributed by atoms with Crippen molar-refractivity contribution in [2.45, 2.75) is 6.42 Å². The molecule has 72 valence electrons. The van der Waals surface area contributed by atoms with Crippen LogP contribution in [0.25, 0.3) is 0 Å². The van der Waals surface area contributed by atoms with Crippen LogP contribution in [0.2, 0.25) is 0 Å². The number of primary amides is 1. The van der Waals surface area contributed by atoms with E-state index in [2.05, 4.69) is 10.3 Å². The fourth-order valence-corrected chi connectivity index (χ4v) is 1.59. The minimum atomic E-state index is -0.498. The van der Waals surface area contributed by atoms with Crippen molar-refractivity contribution in [3.05, 3.63) is 11.1 Å². The Morgan fingerprint density at radius 1 is 1.77 bits per heavy atom. The third kappa shape index (κ3) is 3.20. The standard InChI is InChI=1S/C7H10ClN3OS/c8-2-1-3-10-7-11-5(4-13-7)6(9)12/h4H,1-3H2,(H2,9,12)(H,10,11). The van der Waals surface area contributed by atoms with E-state index in [1.165, 1.54) is 11.3 Å². The van der Waals surface area contributed by atoms with Crippen LogP contribution in [0.4, 0.5) is 5.13 Å². The smallest absolute Gasteiger partial charge is 0.268 e. The molecule has 1 aromatic heterocycles. The molecule has 0 aliphatic carbocycles. The van der Waals surface area contributed by atoms with Crippen molar-refractivity contribution in [3.8, 4) is 0 Å². The summed E-state index contributed by atoms with van der Waals surface area (Å²) in [6.45, 7) is 0.759. The molecule has 0 spiro atoms. The van der Waals surface area contributed by atoms with Crippen molar-refractivity contribution in [1.29, 1.82) is 0 Å². The lowest BCUT2D eigenvalue weighted by Gasteiger charge is -1.97. The largest absolute Gasteiger partial charge is 0.364 e. The average molecular weight is 220 g/mol. The number of alkyl halides is 1. The highest BCUT2D eigenvalue weighted by Crippen LogP contribution is 2.14. The van der Waals surface area contributed by atoms with Gasteiger partial charge in [-0.3, -0.25) is 4.79 Å². The van der Waals surface area contributed by atoms with Gasteiger partial charge in [0, 0.05) is 17.8 Å². The van der Waals surface area contributed by atoms with Crippen molar-refractivity contribution < 1.29 is 4.79 Å². The number of nitrogens with two attached hydrogens (primary N) is 1. The van der Waals surface area contributed by atoms with E-state index < -0.39 is 5.91 Å². The SMILES string of the molecule is NC(=O)c1csc(NCCCCl)n1. The molecule has 0 fully saturated rings. The van der Waals surface area contributed by atoms with E-state index in [1.54, 1.807) is 5.38 Å². The average Bonchev–Trinajstić information content (AvgIpc) is 2.53. The van der Waals surface area contributed by atoms with Gasteiger partial charge in [0.1, 0.15) is 5.69 Å². The highest BCUT2D eigenvalue weighted by atomic mass is 35.5. The number of hydrogen-bond donors (Lipinski definition) is 2. The lowest BCUT2D eigenvalue weighted by molar-refractivity contribution is 0.0996. The molecular weight excluding hydrogens is 210 g/mol. The molecule has 3 N–H and O–H groups in total. The molecule has 0 unspecified atom stereocenters.